The standard InChI is InChI=1S/C18H28BNO2/c1-16(2)17(3,4)22-19(21-16)15-10-8-14(9-11-15)18(20(5)6)12-7-13-18/h8-11H,7,12-13H2,1-6H3. The van der Waals surface area contributed by atoms with Gasteiger partial charge in [-0.25, -0.2) is 0 Å². The van der Waals surface area contributed by atoms with Gasteiger partial charge in [-0.1, -0.05) is 24.3 Å². The van der Waals surface area contributed by atoms with E-state index in [4.69, 9.17) is 9.31 Å². The molecule has 0 atom stereocenters. The maximum atomic E-state index is 6.13. The SMILES string of the molecule is CN(C)C1(c2ccc(B3OC(C)(C)C(C)(C)O3)cc2)CCC1. The second-order valence-electron chi connectivity index (χ2n) is 7.99. The summed E-state index contributed by atoms with van der Waals surface area (Å²) in [6, 6.07) is 8.83. The highest BCUT2D eigenvalue weighted by Crippen LogP contribution is 2.45. The van der Waals surface area contributed by atoms with E-state index >= 15 is 0 Å². The third kappa shape index (κ3) is 2.32. The lowest BCUT2D eigenvalue weighted by Gasteiger charge is -2.48. The van der Waals surface area contributed by atoms with Crippen LogP contribution in [-0.2, 0) is 14.8 Å². The zero-order valence-corrected chi connectivity index (χ0v) is 14.8. The molecule has 0 amide bonds. The fourth-order valence-electron chi connectivity index (χ4n) is 3.44. The smallest absolute Gasteiger partial charge is 0.399 e. The van der Waals surface area contributed by atoms with Crippen molar-refractivity contribution in [1.29, 1.82) is 0 Å². The summed E-state index contributed by atoms with van der Waals surface area (Å²) in [5.41, 5.74) is 2.18. The van der Waals surface area contributed by atoms with Crippen LogP contribution in [0.4, 0.5) is 0 Å². The predicted molar refractivity (Wildman–Crippen MR) is 91.4 cm³/mol. The normalized spacial score (nSPS) is 25.3. The highest BCUT2D eigenvalue weighted by molar-refractivity contribution is 6.62. The Kier molecular flexibility index (Phi) is 3.71. The molecule has 120 valence electrons. The fourth-order valence-corrected chi connectivity index (χ4v) is 3.44. The van der Waals surface area contributed by atoms with E-state index in [-0.39, 0.29) is 23.9 Å². The van der Waals surface area contributed by atoms with Gasteiger partial charge in [-0.05, 0) is 72.1 Å². The number of hydrogen-bond acceptors (Lipinski definition) is 3. The molecule has 4 heteroatoms. The Morgan fingerprint density at radius 2 is 1.41 bits per heavy atom. The second-order valence-corrected chi connectivity index (χ2v) is 7.99. The minimum absolute atomic E-state index is 0.231. The van der Waals surface area contributed by atoms with Gasteiger partial charge in [0.05, 0.1) is 11.2 Å². The molecule has 22 heavy (non-hydrogen) atoms. The summed E-state index contributed by atoms with van der Waals surface area (Å²) in [7, 11) is 4.10. The van der Waals surface area contributed by atoms with Crippen LogP contribution in [0.25, 0.3) is 0 Å². The molecule has 1 aromatic rings. The zero-order chi connectivity index (χ0) is 16.2. The summed E-state index contributed by atoms with van der Waals surface area (Å²) < 4.78 is 12.3. The molecule has 0 spiro atoms. The summed E-state index contributed by atoms with van der Waals surface area (Å²) in [4.78, 5) is 2.36. The first kappa shape index (κ1) is 16.0. The molecular weight excluding hydrogens is 273 g/mol. The van der Waals surface area contributed by atoms with Crippen LogP contribution in [0.2, 0.25) is 0 Å². The minimum atomic E-state index is -0.283. The van der Waals surface area contributed by atoms with Crippen LogP contribution >= 0.6 is 0 Å². The van der Waals surface area contributed by atoms with Crippen molar-refractivity contribution in [2.75, 3.05) is 14.1 Å². The molecular formula is C18H28BNO2. The molecule has 1 heterocycles. The number of rotatable bonds is 3. The Labute approximate surface area is 135 Å². The van der Waals surface area contributed by atoms with Gasteiger partial charge < -0.3 is 9.31 Å². The maximum absolute atomic E-state index is 6.13. The van der Waals surface area contributed by atoms with E-state index in [1.54, 1.807) is 0 Å². The van der Waals surface area contributed by atoms with Gasteiger partial charge in [-0.3, -0.25) is 4.90 Å². The fraction of sp³-hybridized carbons (Fsp3) is 0.667. The van der Waals surface area contributed by atoms with Gasteiger partial charge in [0.1, 0.15) is 0 Å². The molecule has 2 fully saturated rings. The third-order valence-corrected chi connectivity index (χ3v) is 6.01. The van der Waals surface area contributed by atoms with Crippen molar-refractivity contribution in [3.05, 3.63) is 29.8 Å². The van der Waals surface area contributed by atoms with Gasteiger partial charge >= 0.3 is 7.12 Å². The molecule has 0 radical (unpaired) electrons. The van der Waals surface area contributed by atoms with Crippen molar-refractivity contribution in [3.63, 3.8) is 0 Å². The lowest BCUT2D eigenvalue weighted by atomic mass is 9.69. The van der Waals surface area contributed by atoms with Gasteiger partial charge in [-0.15, -0.1) is 0 Å². The van der Waals surface area contributed by atoms with Crippen LogP contribution in [0.15, 0.2) is 24.3 Å². The van der Waals surface area contributed by atoms with Gasteiger partial charge in [-0.2, -0.15) is 0 Å². The molecule has 0 N–H and O–H groups in total. The Bertz CT molecular complexity index is 531. The Balaban J connectivity index is 1.81. The topological polar surface area (TPSA) is 21.7 Å². The molecule has 1 saturated heterocycles. The second kappa shape index (κ2) is 5.08. The van der Waals surface area contributed by atoms with E-state index < -0.39 is 0 Å². The molecule has 3 nitrogen and oxygen atoms in total. The summed E-state index contributed by atoms with van der Waals surface area (Å²) in [5, 5.41) is 0. The van der Waals surface area contributed by atoms with Crippen molar-refractivity contribution in [3.8, 4) is 0 Å². The monoisotopic (exact) mass is 301 g/mol. The average Bonchev–Trinajstić information content (AvgIpc) is 2.57. The zero-order valence-electron chi connectivity index (χ0n) is 14.8. The van der Waals surface area contributed by atoms with Gasteiger partial charge in [0.2, 0.25) is 0 Å². The minimum Gasteiger partial charge on any atom is -0.399 e. The molecule has 3 rings (SSSR count). The van der Waals surface area contributed by atoms with E-state index in [0.29, 0.717) is 0 Å². The first-order chi connectivity index (χ1) is 10.2. The van der Waals surface area contributed by atoms with E-state index in [1.165, 1.54) is 24.8 Å². The van der Waals surface area contributed by atoms with Gasteiger partial charge in [0.15, 0.2) is 0 Å². The number of nitrogens with zero attached hydrogens (tertiary/aromatic N) is 1. The van der Waals surface area contributed by atoms with Crippen molar-refractivity contribution < 1.29 is 9.31 Å². The van der Waals surface area contributed by atoms with E-state index in [0.717, 1.165) is 5.46 Å². The van der Waals surface area contributed by atoms with Gasteiger partial charge in [0, 0.05) is 5.54 Å². The lowest BCUT2D eigenvalue weighted by Crippen LogP contribution is -2.47. The van der Waals surface area contributed by atoms with Crippen LogP contribution in [0, 0.1) is 0 Å². The summed E-state index contributed by atoms with van der Waals surface area (Å²) in [6.45, 7) is 8.38. The quantitative estimate of drug-likeness (QED) is 0.801. The largest absolute Gasteiger partial charge is 0.494 e. The summed E-state index contributed by atoms with van der Waals surface area (Å²) >= 11 is 0. The van der Waals surface area contributed by atoms with E-state index in [9.17, 15) is 0 Å². The maximum Gasteiger partial charge on any atom is 0.494 e. The van der Waals surface area contributed by atoms with Crippen LogP contribution in [0.5, 0.6) is 0 Å². The van der Waals surface area contributed by atoms with Crippen LogP contribution < -0.4 is 5.46 Å². The molecule has 1 saturated carbocycles. The molecule has 0 aromatic heterocycles. The first-order valence-electron chi connectivity index (χ1n) is 8.31. The van der Waals surface area contributed by atoms with Crippen molar-refractivity contribution in [2.45, 2.75) is 63.7 Å². The first-order valence-corrected chi connectivity index (χ1v) is 8.31. The Hall–Kier alpha value is -0.835. The van der Waals surface area contributed by atoms with E-state index in [1.807, 2.05) is 0 Å². The van der Waals surface area contributed by atoms with Crippen molar-refractivity contribution >= 4 is 12.6 Å². The Morgan fingerprint density at radius 1 is 0.909 bits per heavy atom. The van der Waals surface area contributed by atoms with Crippen molar-refractivity contribution in [2.24, 2.45) is 0 Å². The molecule has 0 unspecified atom stereocenters. The average molecular weight is 301 g/mol. The molecule has 0 bridgehead atoms. The summed E-state index contributed by atoms with van der Waals surface area (Å²) in [5.74, 6) is 0. The van der Waals surface area contributed by atoms with Crippen LogP contribution in [-0.4, -0.2) is 37.3 Å². The van der Waals surface area contributed by atoms with Gasteiger partial charge in [0.25, 0.3) is 0 Å². The Morgan fingerprint density at radius 3 is 1.77 bits per heavy atom. The molecule has 2 aliphatic rings. The number of hydrogen-bond donors (Lipinski definition) is 0. The molecule has 1 aliphatic carbocycles. The van der Waals surface area contributed by atoms with Crippen LogP contribution in [0.1, 0.15) is 52.5 Å². The lowest BCUT2D eigenvalue weighted by molar-refractivity contribution is 0.00578. The predicted octanol–water partition coefficient (Wildman–Crippen LogP) is 2.93. The highest BCUT2D eigenvalue weighted by atomic mass is 16.7. The third-order valence-electron chi connectivity index (χ3n) is 6.01. The van der Waals surface area contributed by atoms with E-state index in [2.05, 4.69) is 71.0 Å². The number of benzene rings is 1. The van der Waals surface area contributed by atoms with Crippen molar-refractivity contribution in [1.82, 2.24) is 4.90 Å². The summed E-state index contributed by atoms with van der Waals surface area (Å²) in [6.07, 6.45) is 3.81. The molecule has 1 aromatic carbocycles. The molecule has 1 aliphatic heterocycles. The highest BCUT2D eigenvalue weighted by Gasteiger charge is 2.51. The van der Waals surface area contributed by atoms with Crippen LogP contribution in [0.3, 0.4) is 0 Å².